The number of likely N-dealkylation sites (N-methyl/N-ethyl adjacent to an activating group) is 1. The van der Waals surface area contributed by atoms with Crippen molar-refractivity contribution < 1.29 is 0 Å². The molecule has 18 heavy (non-hydrogen) atoms. The Labute approximate surface area is 112 Å². The SMILES string of the molecule is CNC(CC#CC(C)(C)C)Cc1ccc(C)cc1. The van der Waals surface area contributed by atoms with E-state index in [9.17, 15) is 0 Å². The van der Waals surface area contributed by atoms with Gasteiger partial charge in [-0.05, 0) is 46.7 Å². The molecule has 1 atom stereocenters. The molecule has 98 valence electrons. The van der Waals surface area contributed by atoms with Crippen molar-refractivity contribution in [1.82, 2.24) is 5.32 Å². The summed E-state index contributed by atoms with van der Waals surface area (Å²) in [6, 6.07) is 9.18. The first-order valence-electron chi connectivity index (χ1n) is 6.63. The largest absolute Gasteiger partial charge is 0.316 e. The first-order chi connectivity index (χ1) is 8.40. The number of benzene rings is 1. The minimum Gasteiger partial charge on any atom is -0.316 e. The third kappa shape index (κ3) is 5.89. The van der Waals surface area contributed by atoms with Gasteiger partial charge < -0.3 is 5.32 Å². The molecule has 1 heteroatoms. The molecule has 0 aromatic heterocycles. The zero-order valence-electron chi connectivity index (χ0n) is 12.3. The third-order valence-electron chi connectivity index (χ3n) is 2.82. The molecule has 0 aliphatic heterocycles. The van der Waals surface area contributed by atoms with E-state index < -0.39 is 0 Å². The Morgan fingerprint density at radius 3 is 2.28 bits per heavy atom. The molecule has 0 spiro atoms. The van der Waals surface area contributed by atoms with Gasteiger partial charge in [0, 0.05) is 17.9 Å². The summed E-state index contributed by atoms with van der Waals surface area (Å²) in [5.74, 6) is 6.59. The standard InChI is InChI=1S/C17H25N/c1-14-8-10-15(11-9-14)13-16(18-5)7-6-12-17(2,3)4/h8-11,16,18H,7,13H2,1-5H3. The number of hydrogen-bond acceptors (Lipinski definition) is 1. The van der Waals surface area contributed by atoms with E-state index in [4.69, 9.17) is 0 Å². The van der Waals surface area contributed by atoms with Crippen molar-refractivity contribution in [3.63, 3.8) is 0 Å². The Morgan fingerprint density at radius 1 is 1.17 bits per heavy atom. The van der Waals surface area contributed by atoms with Crippen molar-refractivity contribution >= 4 is 0 Å². The molecule has 0 bridgehead atoms. The van der Waals surface area contributed by atoms with Crippen LogP contribution in [0.4, 0.5) is 0 Å². The van der Waals surface area contributed by atoms with E-state index >= 15 is 0 Å². The highest BCUT2D eigenvalue weighted by Gasteiger charge is 2.07. The molecular formula is C17H25N. The fraction of sp³-hybridized carbons (Fsp3) is 0.529. The van der Waals surface area contributed by atoms with Gasteiger partial charge in [-0.2, -0.15) is 0 Å². The number of nitrogens with one attached hydrogen (secondary N) is 1. The molecule has 1 aromatic rings. The van der Waals surface area contributed by atoms with Crippen LogP contribution in [0.15, 0.2) is 24.3 Å². The first kappa shape index (κ1) is 14.8. The highest BCUT2D eigenvalue weighted by Crippen LogP contribution is 2.11. The van der Waals surface area contributed by atoms with Crippen molar-refractivity contribution in [2.75, 3.05) is 7.05 Å². The van der Waals surface area contributed by atoms with Gasteiger partial charge in [-0.25, -0.2) is 0 Å². The minimum absolute atomic E-state index is 0.0994. The molecule has 0 heterocycles. The van der Waals surface area contributed by atoms with E-state index in [2.05, 4.69) is 69.1 Å². The molecule has 1 aromatic carbocycles. The van der Waals surface area contributed by atoms with Crippen molar-refractivity contribution in [2.45, 2.75) is 46.6 Å². The Kier molecular flexibility index (Phi) is 5.44. The van der Waals surface area contributed by atoms with Crippen molar-refractivity contribution in [1.29, 1.82) is 0 Å². The maximum atomic E-state index is 3.35. The quantitative estimate of drug-likeness (QED) is 0.797. The minimum atomic E-state index is 0.0994. The zero-order valence-corrected chi connectivity index (χ0v) is 12.3. The molecule has 0 saturated heterocycles. The Morgan fingerprint density at radius 2 is 1.78 bits per heavy atom. The third-order valence-corrected chi connectivity index (χ3v) is 2.82. The van der Waals surface area contributed by atoms with Crippen LogP contribution in [-0.2, 0) is 6.42 Å². The van der Waals surface area contributed by atoms with E-state index in [1.54, 1.807) is 0 Å². The van der Waals surface area contributed by atoms with Gasteiger partial charge in [0.25, 0.3) is 0 Å². The van der Waals surface area contributed by atoms with E-state index in [1.807, 2.05) is 7.05 Å². The first-order valence-corrected chi connectivity index (χ1v) is 6.63. The van der Waals surface area contributed by atoms with Gasteiger partial charge in [0.05, 0.1) is 0 Å². The highest BCUT2D eigenvalue weighted by molar-refractivity contribution is 5.22. The fourth-order valence-corrected chi connectivity index (χ4v) is 1.72. The average Bonchev–Trinajstić information content (AvgIpc) is 2.29. The second-order valence-electron chi connectivity index (χ2n) is 5.93. The molecule has 1 rings (SSSR count). The van der Waals surface area contributed by atoms with Crippen LogP contribution in [0.1, 0.15) is 38.3 Å². The van der Waals surface area contributed by atoms with Gasteiger partial charge >= 0.3 is 0 Å². The monoisotopic (exact) mass is 243 g/mol. The van der Waals surface area contributed by atoms with Crippen LogP contribution in [0.2, 0.25) is 0 Å². The van der Waals surface area contributed by atoms with Crippen LogP contribution in [0.5, 0.6) is 0 Å². The second-order valence-corrected chi connectivity index (χ2v) is 5.93. The molecule has 0 saturated carbocycles. The van der Waals surface area contributed by atoms with Gasteiger partial charge in [0.2, 0.25) is 0 Å². The van der Waals surface area contributed by atoms with Crippen molar-refractivity contribution in [3.05, 3.63) is 35.4 Å². The Hall–Kier alpha value is -1.26. The lowest BCUT2D eigenvalue weighted by atomic mass is 9.96. The lowest BCUT2D eigenvalue weighted by Gasteiger charge is -2.14. The molecule has 0 aliphatic carbocycles. The summed E-state index contributed by atoms with van der Waals surface area (Å²) in [7, 11) is 2.01. The van der Waals surface area contributed by atoms with Crippen molar-refractivity contribution in [3.8, 4) is 11.8 Å². The van der Waals surface area contributed by atoms with Gasteiger partial charge in [-0.1, -0.05) is 35.7 Å². The van der Waals surface area contributed by atoms with Crippen LogP contribution >= 0.6 is 0 Å². The fourth-order valence-electron chi connectivity index (χ4n) is 1.72. The summed E-state index contributed by atoms with van der Waals surface area (Å²) in [5.41, 5.74) is 2.78. The number of rotatable bonds is 4. The predicted octanol–water partition coefficient (Wildman–Crippen LogP) is 3.57. The smallest absolute Gasteiger partial charge is 0.0246 e. The predicted molar refractivity (Wildman–Crippen MR) is 79.6 cm³/mol. The van der Waals surface area contributed by atoms with Crippen LogP contribution in [-0.4, -0.2) is 13.1 Å². The van der Waals surface area contributed by atoms with E-state index in [0.29, 0.717) is 6.04 Å². The van der Waals surface area contributed by atoms with Crippen LogP contribution in [0, 0.1) is 24.2 Å². The van der Waals surface area contributed by atoms with Crippen LogP contribution < -0.4 is 5.32 Å². The molecule has 1 nitrogen and oxygen atoms in total. The van der Waals surface area contributed by atoms with Gasteiger partial charge in [0.1, 0.15) is 0 Å². The highest BCUT2D eigenvalue weighted by atomic mass is 14.9. The lowest BCUT2D eigenvalue weighted by molar-refractivity contribution is 0.558. The Balaban J connectivity index is 2.56. The van der Waals surface area contributed by atoms with Gasteiger partial charge in [0.15, 0.2) is 0 Å². The summed E-state index contributed by atoms with van der Waals surface area (Å²) in [5, 5.41) is 3.35. The molecule has 1 N–H and O–H groups in total. The van der Waals surface area contributed by atoms with E-state index in [0.717, 1.165) is 12.8 Å². The van der Waals surface area contributed by atoms with Gasteiger partial charge in [-0.15, -0.1) is 5.92 Å². The van der Waals surface area contributed by atoms with Crippen molar-refractivity contribution in [2.24, 2.45) is 5.41 Å². The number of hydrogen-bond donors (Lipinski definition) is 1. The van der Waals surface area contributed by atoms with Crippen LogP contribution in [0.25, 0.3) is 0 Å². The molecule has 0 aliphatic rings. The summed E-state index contributed by atoms with van der Waals surface area (Å²) in [4.78, 5) is 0. The molecule has 0 fully saturated rings. The molecule has 1 unspecified atom stereocenters. The summed E-state index contributed by atoms with van der Waals surface area (Å²) < 4.78 is 0. The zero-order chi connectivity index (χ0) is 13.6. The topological polar surface area (TPSA) is 12.0 Å². The summed E-state index contributed by atoms with van der Waals surface area (Å²) in [6.45, 7) is 8.56. The molecule has 0 amide bonds. The maximum absolute atomic E-state index is 3.35. The molecular weight excluding hydrogens is 218 g/mol. The number of aryl methyl sites for hydroxylation is 1. The van der Waals surface area contributed by atoms with E-state index in [-0.39, 0.29) is 5.41 Å². The lowest BCUT2D eigenvalue weighted by Crippen LogP contribution is -2.27. The van der Waals surface area contributed by atoms with Crippen LogP contribution in [0.3, 0.4) is 0 Å². The Bertz CT molecular complexity index is 412. The average molecular weight is 243 g/mol. The van der Waals surface area contributed by atoms with E-state index in [1.165, 1.54) is 11.1 Å². The normalized spacial score (nSPS) is 12.7. The maximum Gasteiger partial charge on any atom is 0.0246 e. The van der Waals surface area contributed by atoms with Gasteiger partial charge in [-0.3, -0.25) is 0 Å². The second kappa shape index (κ2) is 6.61. The summed E-state index contributed by atoms with van der Waals surface area (Å²) in [6.07, 6.45) is 1.94. The summed E-state index contributed by atoms with van der Waals surface area (Å²) >= 11 is 0. The molecule has 0 radical (unpaired) electrons.